The van der Waals surface area contributed by atoms with Gasteiger partial charge in [0, 0.05) is 49.0 Å². The monoisotopic (exact) mass is 503 g/mol. The maximum absolute atomic E-state index is 13.7. The van der Waals surface area contributed by atoms with E-state index in [0.717, 1.165) is 60.0 Å². The van der Waals surface area contributed by atoms with Gasteiger partial charge >= 0.3 is 0 Å². The summed E-state index contributed by atoms with van der Waals surface area (Å²) in [6.45, 7) is 7.49. The first kappa shape index (κ1) is 24.1. The Morgan fingerprint density at radius 3 is 2.50 bits per heavy atom. The zero-order chi connectivity index (χ0) is 25.1. The van der Waals surface area contributed by atoms with Gasteiger partial charge in [-0.3, -0.25) is 4.79 Å². The van der Waals surface area contributed by atoms with Crippen molar-refractivity contribution in [3.05, 3.63) is 77.1 Å². The molecule has 0 bridgehead atoms. The second-order valence-electron chi connectivity index (χ2n) is 8.86. The highest BCUT2D eigenvalue weighted by molar-refractivity contribution is 6.30. The summed E-state index contributed by atoms with van der Waals surface area (Å²) in [5, 5.41) is 5.50. The molecule has 1 amide bonds. The molecular weight excluding hydrogens is 474 g/mol. The molecular formula is C28H30ClN5O2. The summed E-state index contributed by atoms with van der Waals surface area (Å²) >= 11 is 6.05. The van der Waals surface area contributed by atoms with E-state index in [-0.39, 0.29) is 5.91 Å². The number of carbonyl (C=O) groups excluding carboxylic acids is 1. The molecule has 186 valence electrons. The van der Waals surface area contributed by atoms with Crippen molar-refractivity contribution in [2.24, 2.45) is 0 Å². The van der Waals surface area contributed by atoms with Crippen LogP contribution >= 0.6 is 11.6 Å². The number of piperazine rings is 1. The first-order chi connectivity index (χ1) is 17.6. The highest BCUT2D eigenvalue weighted by Crippen LogP contribution is 2.29. The molecule has 1 aliphatic heterocycles. The number of carbonyl (C=O) groups is 1. The van der Waals surface area contributed by atoms with Gasteiger partial charge in [0.15, 0.2) is 5.65 Å². The quantitative estimate of drug-likeness (QED) is 0.339. The van der Waals surface area contributed by atoms with E-state index < -0.39 is 0 Å². The van der Waals surface area contributed by atoms with Gasteiger partial charge in [0.05, 0.1) is 29.2 Å². The summed E-state index contributed by atoms with van der Waals surface area (Å²) in [7, 11) is 0. The molecule has 0 radical (unpaired) electrons. The summed E-state index contributed by atoms with van der Waals surface area (Å²) in [4.78, 5) is 22.5. The smallest absolute Gasteiger partial charge is 0.257 e. The third kappa shape index (κ3) is 4.75. The lowest BCUT2D eigenvalue weighted by molar-refractivity contribution is 0.0744. The van der Waals surface area contributed by atoms with Crippen molar-refractivity contribution < 1.29 is 9.53 Å². The molecule has 7 nitrogen and oxygen atoms in total. The number of halogens is 1. The summed E-state index contributed by atoms with van der Waals surface area (Å²) in [6.07, 6.45) is 3.35. The van der Waals surface area contributed by atoms with Crippen LogP contribution < -0.4 is 9.64 Å². The molecule has 1 saturated heterocycles. The minimum Gasteiger partial charge on any atom is -0.492 e. The van der Waals surface area contributed by atoms with Crippen LogP contribution in [-0.2, 0) is 6.42 Å². The molecule has 5 rings (SSSR count). The van der Waals surface area contributed by atoms with Crippen molar-refractivity contribution in [3.8, 4) is 17.0 Å². The van der Waals surface area contributed by atoms with Crippen LogP contribution in [-0.4, -0.2) is 58.2 Å². The van der Waals surface area contributed by atoms with Gasteiger partial charge in [0.25, 0.3) is 5.91 Å². The Bertz CT molecular complexity index is 1360. The number of amides is 1. The van der Waals surface area contributed by atoms with Gasteiger partial charge in [-0.2, -0.15) is 5.10 Å². The number of nitrogens with zero attached hydrogens (tertiary/aromatic N) is 5. The van der Waals surface area contributed by atoms with Crippen LogP contribution in [0.3, 0.4) is 0 Å². The molecule has 0 saturated carbocycles. The first-order valence-corrected chi connectivity index (χ1v) is 12.9. The molecule has 8 heteroatoms. The molecule has 2 aromatic heterocycles. The second-order valence-corrected chi connectivity index (χ2v) is 9.29. The molecule has 1 fully saturated rings. The SMILES string of the molecule is CCCc1c(C(=O)N2CCN(c3ccccc3OCC)CC2)cnc2cc(-c3ccc(Cl)cc3)nn12. The summed E-state index contributed by atoms with van der Waals surface area (Å²) in [5.74, 6) is 0.893. The van der Waals surface area contributed by atoms with E-state index in [1.807, 2.05) is 64.9 Å². The number of fused-ring (bicyclic) bond motifs is 1. The van der Waals surface area contributed by atoms with Gasteiger partial charge in [-0.1, -0.05) is 49.2 Å². The Kier molecular flexibility index (Phi) is 7.09. The van der Waals surface area contributed by atoms with E-state index in [1.165, 1.54) is 0 Å². The molecule has 3 heterocycles. The lowest BCUT2D eigenvalue weighted by Gasteiger charge is -2.37. The third-order valence-corrected chi connectivity index (χ3v) is 6.76. The first-order valence-electron chi connectivity index (χ1n) is 12.5. The normalized spacial score (nSPS) is 13.9. The largest absolute Gasteiger partial charge is 0.492 e. The van der Waals surface area contributed by atoms with E-state index in [4.69, 9.17) is 21.4 Å². The highest BCUT2D eigenvalue weighted by atomic mass is 35.5. The van der Waals surface area contributed by atoms with Gasteiger partial charge in [-0.15, -0.1) is 0 Å². The van der Waals surface area contributed by atoms with Crippen molar-refractivity contribution >= 4 is 28.8 Å². The fourth-order valence-corrected chi connectivity index (χ4v) is 4.84. The van der Waals surface area contributed by atoms with E-state index in [1.54, 1.807) is 6.20 Å². The van der Waals surface area contributed by atoms with Crippen LogP contribution in [0.1, 0.15) is 36.3 Å². The average molecular weight is 504 g/mol. The molecule has 0 spiro atoms. The molecule has 1 aliphatic rings. The number of rotatable bonds is 7. The highest BCUT2D eigenvalue weighted by Gasteiger charge is 2.26. The van der Waals surface area contributed by atoms with Crippen LogP contribution in [0.15, 0.2) is 60.8 Å². The van der Waals surface area contributed by atoms with Gasteiger partial charge in [0.2, 0.25) is 0 Å². The number of ether oxygens (including phenoxy) is 1. The second kappa shape index (κ2) is 10.6. The van der Waals surface area contributed by atoms with Crippen LogP contribution in [0.25, 0.3) is 16.9 Å². The summed E-state index contributed by atoms with van der Waals surface area (Å²) in [6, 6.07) is 17.6. The number of aromatic nitrogens is 3. The lowest BCUT2D eigenvalue weighted by Crippen LogP contribution is -2.49. The maximum Gasteiger partial charge on any atom is 0.257 e. The van der Waals surface area contributed by atoms with Crippen LogP contribution in [0.2, 0.25) is 5.02 Å². The number of hydrogen-bond donors (Lipinski definition) is 0. The van der Waals surface area contributed by atoms with Crippen LogP contribution in [0.4, 0.5) is 5.69 Å². The van der Waals surface area contributed by atoms with Crippen molar-refractivity contribution in [1.29, 1.82) is 0 Å². The minimum atomic E-state index is 0.00846. The van der Waals surface area contributed by atoms with Gasteiger partial charge in [-0.05, 0) is 37.6 Å². The minimum absolute atomic E-state index is 0.00846. The van der Waals surface area contributed by atoms with Gasteiger partial charge in [-0.25, -0.2) is 9.50 Å². The predicted molar refractivity (Wildman–Crippen MR) is 143 cm³/mol. The molecule has 2 aromatic carbocycles. The van der Waals surface area contributed by atoms with Crippen molar-refractivity contribution in [2.75, 3.05) is 37.7 Å². The zero-order valence-corrected chi connectivity index (χ0v) is 21.4. The molecule has 0 N–H and O–H groups in total. The fourth-order valence-electron chi connectivity index (χ4n) is 4.72. The molecule has 36 heavy (non-hydrogen) atoms. The van der Waals surface area contributed by atoms with Crippen molar-refractivity contribution in [1.82, 2.24) is 19.5 Å². The summed E-state index contributed by atoms with van der Waals surface area (Å²) < 4.78 is 7.64. The Morgan fingerprint density at radius 2 is 1.78 bits per heavy atom. The van der Waals surface area contributed by atoms with E-state index in [0.29, 0.717) is 30.3 Å². The fraction of sp³-hybridized carbons (Fsp3) is 0.321. The van der Waals surface area contributed by atoms with Gasteiger partial charge < -0.3 is 14.5 Å². The number of para-hydroxylation sites is 2. The van der Waals surface area contributed by atoms with Gasteiger partial charge in [0.1, 0.15) is 5.75 Å². The average Bonchev–Trinajstić information content (AvgIpc) is 3.35. The standard InChI is InChI=1S/C28H30ClN5O2/c1-3-7-24-22(19-30-27-18-23(31-34(24)27)20-10-12-21(29)13-11-20)28(35)33-16-14-32(15-17-33)25-8-5-6-9-26(25)36-4-2/h5-6,8-13,18-19H,3-4,7,14-17H2,1-2H3. The third-order valence-electron chi connectivity index (χ3n) is 6.51. The van der Waals surface area contributed by atoms with E-state index >= 15 is 0 Å². The topological polar surface area (TPSA) is 63.0 Å². The molecule has 4 aromatic rings. The Balaban J connectivity index is 1.39. The Hall–Kier alpha value is -3.58. The molecule has 0 unspecified atom stereocenters. The van der Waals surface area contributed by atoms with E-state index in [9.17, 15) is 4.79 Å². The Morgan fingerprint density at radius 1 is 1.03 bits per heavy atom. The molecule has 0 atom stereocenters. The van der Waals surface area contributed by atoms with Crippen LogP contribution in [0.5, 0.6) is 5.75 Å². The van der Waals surface area contributed by atoms with E-state index in [2.05, 4.69) is 22.9 Å². The van der Waals surface area contributed by atoms with Crippen LogP contribution in [0, 0.1) is 0 Å². The summed E-state index contributed by atoms with van der Waals surface area (Å²) in [5.41, 5.74) is 5.10. The number of aryl methyl sites for hydroxylation is 1. The number of hydrogen-bond acceptors (Lipinski definition) is 5. The van der Waals surface area contributed by atoms with Crippen molar-refractivity contribution in [2.45, 2.75) is 26.7 Å². The number of benzene rings is 2. The van der Waals surface area contributed by atoms with Crippen molar-refractivity contribution in [3.63, 3.8) is 0 Å². The lowest BCUT2D eigenvalue weighted by atomic mass is 10.1. The molecule has 0 aliphatic carbocycles. The number of anilines is 1. The predicted octanol–water partition coefficient (Wildman–Crippen LogP) is 5.36. The zero-order valence-electron chi connectivity index (χ0n) is 20.7. The maximum atomic E-state index is 13.7. The Labute approximate surface area is 216 Å².